The zero-order valence-corrected chi connectivity index (χ0v) is 16.9. The second-order valence-corrected chi connectivity index (χ2v) is 7.05. The van der Waals surface area contributed by atoms with E-state index in [4.69, 9.17) is 9.84 Å². The normalized spacial score (nSPS) is 12.3. The zero-order valence-electron chi connectivity index (χ0n) is 16.9. The number of hydrogen-bond donors (Lipinski definition) is 2. The van der Waals surface area contributed by atoms with Crippen LogP contribution in [-0.2, 0) is 11.3 Å². The molecule has 0 bridgehead atoms. The molecule has 0 spiro atoms. The lowest BCUT2D eigenvalue weighted by molar-refractivity contribution is 0.0427. The topological polar surface area (TPSA) is 59.3 Å². The van der Waals surface area contributed by atoms with Gasteiger partial charge in [0.25, 0.3) is 0 Å². The third-order valence-corrected chi connectivity index (χ3v) is 4.66. The third kappa shape index (κ3) is 5.07. The molecule has 0 saturated heterocycles. The minimum absolute atomic E-state index is 0.344. The standard InChI is InChI=1S/C23H29N3O2/c1-4-28-16-21(27)14-24-13-20-15-26(22-12-17(2)10-11-18(22)3)25-23(20)19-8-6-5-7-9-19/h5-12,15,21,24,27H,4,13-14,16H2,1-3H3/t21-/m0/s1. The van der Waals surface area contributed by atoms with Crippen LogP contribution in [0.15, 0.2) is 54.7 Å². The molecule has 0 saturated carbocycles. The van der Waals surface area contributed by atoms with Gasteiger partial charge in [0.2, 0.25) is 0 Å². The molecular weight excluding hydrogens is 350 g/mol. The van der Waals surface area contributed by atoms with E-state index in [0.717, 1.165) is 22.5 Å². The van der Waals surface area contributed by atoms with Gasteiger partial charge in [-0.3, -0.25) is 0 Å². The van der Waals surface area contributed by atoms with Crippen LogP contribution in [0.5, 0.6) is 0 Å². The van der Waals surface area contributed by atoms with Gasteiger partial charge in [-0.1, -0.05) is 42.5 Å². The maximum absolute atomic E-state index is 9.99. The van der Waals surface area contributed by atoms with E-state index in [9.17, 15) is 5.11 Å². The van der Waals surface area contributed by atoms with E-state index >= 15 is 0 Å². The summed E-state index contributed by atoms with van der Waals surface area (Å²) in [5, 5.41) is 18.2. The van der Waals surface area contributed by atoms with Crippen LogP contribution in [0, 0.1) is 13.8 Å². The smallest absolute Gasteiger partial charge is 0.0972 e. The van der Waals surface area contributed by atoms with E-state index in [-0.39, 0.29) is 0 Å². The first-order valence-electron chi connectivity index (χ1n) is 9.76. The van der Waals surface area contributed by atoms with Crippen molar-refractivity contribution in [1.29, 1.82) is 0 Å². The molecule has 5 nitrogen and oxygen atoms in total. The van der Waals surface area contributed by atoms with Crippen molar-refractivity contribution in [3.05, 3.63) is 71.4 Å². The van der Waals surface area contributed by atoms with Crippen LogP contribution in [0.2, 0.25) is 0 Å². The minimum atomic E-state index is -0.519. The molecule has 0 radical (unpaired) electrons. The molecule has 0 fully saturated rings. The summed E-state index contributed by atoms with van der Waals surface area (Å²) in [4.78, 5) is 0. The Bertz CT molecular complexity index is 890. The van der Waals surface area contributed by atoms with E-state index in [1.165, 1.54) is 11.1 Å². The second kappa shape index (κ2) is 9.64. The van der Waals surface area contributed by atoms with Gasteiger partial charge in [0, 0.05) is 37.0 Å². The Hall–Kier alpha value is -2.47. The van der Waals surface area contributed by atoms with Crippen molar-refractivity contribution in [3.8, 4) is 16.9 Å². The molecule has 0 aliphatic carbocycles. The van der Waals surface area contributed by atoms with E-state index < -0.39 is 6.10 Å². The van der Waals surface area contributed by atoms with Crippen molar-refractivity contribution in [1.82, 2.24) is 15.1 Å². The molecule has 148 valence electrons. The van der Waals surface area contributed by atoms with Gasteiger partial charge in [-0.2, -0.15) is 5.10 Å². The van der Waals surface area contributed by atoms with Crippen LogP contribution < -0.4 is 5.32 Å². The molecule has 2 aromatic carbocycles. The Morgan fingerprint density at radius 2 is 1.93 bits per heavy atom. The van der Waals surface area contributed by atoms with Crippen LogP contribution >= 0.6 is 0 Å². The highest BCUT2D eigenvalue weighted by Gasteiger charge is 2.14. The Labute approximate surface area is 167 Å². The quantitative estimate of drug-likeness (QED) is 0.596. The summed E-state index contributed by atoms with van der Waals surface area (Å²) in [6.07, 6.45) is 1.56. The highest BCUT2D eigenvalue weighted by molar-refractivity contribution is 5.63. The number of benzene rings is 2. The Morgan fingerprint density at radius 3 is 2.68 bits per heavy atom. The van der Waals surface area contributed by atoms with Crippen molar-refractivity contribution in [2.45, 2.75) is 33.4 Å². The number of aliphatic hydroxyl groups is 1. The number of aliphatic hydroxyl groups excluding tert-OH is 1. The second-order valence-electron chi connectivity index (χ2n) is 7.05. The van der Waals surface area contributed by atoms with Crippen molar-refractivity contribution in [2.24, 2.45) is 0 Å². The lowest BCUT2D eigenvalue weighted by Gasteiger charge is -2.11. The fourth-order valence-corrected chi connectivity index (χ4v) is 3.15. The van der Waals surface area contributed by atoms with Crippen LogP contribution in [0.3, 0.4) is 0 Å². The number of nitrogens with one attached hydrogen (secondary N) is 1. The molecule has 0 aliphatic heterocycles. The first-order valence-corrected chi connectivity index (χ1v) is 9.76. The predicted molar refractivity (Wildman–Crippen MR) is 113 cm³/mol. The maximum Gasteiger partial charge on any atom is 0.0972 e. The zero-order chi connectivity index (χ0) is 19.9. The Balaban J connectivity index is 1.85. The Kier molecular flexibility index (Phi) is 6.98. The molecule has 1 heterocycles. The molecule has 0 amide bonds. The summed E-state index contributed by atoms with van der Waals surface area (Å²) in [5.74, 6) is 0. The fourth-order valence-electron chi connectivity index (χ4n) is 3.15. The molecule has 2 N–H and O–H groups in total. The first-order chi connectivity index (χ1) is 13.6. The molecule has 1 aromatic heterocycles. The predicted octanol–water partition coefficient (Wildman–Crippen LogP) is 3.64. The number of hydrogen-bond acceptors (Lipinski definition) is 4. The van der Waals surface area contributed by atoms with Crippen LogP contribution in [-0.4, -0.2) is 40.7 Å². The van der Waals surface area contributed by atoms with Gasteiger partial charge in [0.1, 0.15) is 0 Å². The monoisotopic (exact) mass is 379 g/mol. The summed E-state index contributed by atoms with van der Waals surface area (Å²) >= 11 is 0. The Morgan fingerprint density at radius 1 is 1.14 bits per heavy atom. The van der Waals surface area contributed by atoms with Crippen LogP contribution in [0.4, 0.5) is 0 Å². The molecular formula is C23H29N3O2. The summed E-state index contributed by atoms with van der Waals surface area (Å²) in [7, 11) is 0. The molecule has 0 aliphatic rings. The number of rotatable bonds is 9. The fraction of sp³-hybridized carbons (Fsp3) is 0.348. The van der Waals surface area contributed by atoms with E-state index in [1.807, 2.05) is 29.8 Å². The highest BCUT2D eigenvalue weighted by Crippen LogP contribution is 2.25. The van der Waals surface area contributed by atoms with Gasteiger partial charge in [-0.15, -0.1) is 0 Å². The van der Waals surface area contributed by atoms with Crippen molar-refractivity contribution in [2.75, 3.05) is 19.8 Å². The lowest BCUT2D eigenvalue weighted by atomic mass is 10.1. The van der Waals surface area contributed by atoms with Crippen LogP contribution in [0.1, 0.15) is 23.6 Å². The molecule has 5 heteroatoms. The van der Waals surface area contributed by atoms with Crippen molar-refractivity contribution in [3.63, 3.8) is 0 Å². The molecule has 3 aromatic rings. The largest absolute Gasteiger partial charge is 0.389 e. The summed E-state index contributed by atoms with van der Waals surface area (Å²) < 4.78 is 7.23. The molecule has 1 atom stereocenters. The van der Waals surface area contributed by atoms with Crippen molar-refractivity contribution >= 4 is 0 Å². The highest BCUT2D eigenvalue weighted by atomic mass is 16.5. The average Bonchev–Trinajstić information content (AvgIpc) is 3.13. The van der Waals surface area contributed by atoms with Gasteiger partial charge >= 0.3 is 0 Å². The van der Waals surface area contributed by atoms with E-state index in [2.05, 4.69) is 55.7 Å². The van der Waals surface area contributed by atoms with Gasteiger partial charge in [0.05, 0.1) is 24.1 Å². The number of nitrogens with zero attached hydrogens (tertiary/aromatic N) is 2. The maximum atomic E-state index is 9.99. The summed E-state index contributed by atoms with van der Waals surface area (Å²) in [5.41, 5.74) is 6.59. The molecule has 0 unspecified atom stereocenters. The van der Waals surface area contributed by atoms with Crippen molar-refractivity contribution < 1.29 is 9.84 Å². The number of aromatic nitrogens is 2. The third-order valence-electron chi connectivity index (χ3n) is 4.66. The number of aryl methyl sites for hydroxylation is 2. The summed E-state index contributed by atoms with van der Waals surface area (Å²) in [6, 6.07) is 16.6. The number of ether oxygens (including phenoxy) is 1. The molecule has 3 rings (SSSR count). The lowest BCUT2D eigenvalue weighted by Crippen LogP contribution is -2.30. The summed E-state index contributed by atoms with van der Waals surface area (Å²) in [6.45, 7) is 8.16. The van der Waals surface area contributed by atoms with E-state index in [0.29, 0.717) is 26.3 Å². The van der Waals surface area contributed by atoms with Gasteiger partial charge < -0.3 is 15.2 Å². The first kappa shape index (κ1) is 20.3. The minimum Gasteiger partial charge on any atom is -0.389 e. The van der Waals surface area contributed by atoms with Gasteiger partial charge in [-0.05, 0) is 38.0 Å². The van der Waals surface area contributed by atoms with Gasteiger partial charge in [0.15, 0.2) is 0 Å². The average molecular weight is 380 g/mol. The van der Waals surface area contributed by atoms with Gasteiger partial charge in [-0.25, -0.2) is 4.68 Å². The molecule has 28 heavy (non-hydrogen) atoms. The van der Waals surface area contributed by atoms with E-state index in [1.54, 1.807) is 0 Å². The SMILES string of the molecule is CCOC[C@@H](O)CNCc1cn(-c2cc(C)ccc2C)nc1-c1ccccc1. The van der Waals surface area contributed by atoms with Crippen LogP contribution in [0.25, 0.3) is 16.9 Å².